The summed E-state index contributed by atoms with van der Waals surface area (Å²) < 4.78 is 1.16. The third kappa shape index (κ3) is 1.92. The van der Waals surface area contributed by atoms with Gasteiger partial charge in [-0.25, -0.2) is 0 Å². The number of thiophene rings is 1. The average molecular weight is 232 g/mol. The third-order valence-electron chi connectivity index (χ3n) is 1.46. The number of rotatable bonds is 2. The highest BCUT2D eigenvalue weighted by Crippen LogP contribution is 2.30. The van der Waals surface area contributed by atoms with Crippen molar-refractivity contribution in [2.75, 3.05) is 0 Å². The van der Waals surface area contributed by atoms with Crippen molar-refractivity contribution in [3.8, 4) is 0 Å². The van der Waals surface area contributed by atoms with Crippen molar-refractivity contribution < 1.29 is 0 Å². The lowest BCUT2D eigenvalue weighted by atomic mass is 10.2. The van der Waals surface area contributed by atoms with Gasteiger partial charge < -0.3 is 5.73 Å². The molecule has 0 spiro atoms. The van der Waals surface area contributed by atoms with E-state index in [1.807, 2.05) is 0 Å². The SMILES string of the molecule is C=CC(N)c1cc(C)c(Br)s1. The van der Waals surface area contributed by atoms with Gasteiger partial charge in [-0.1, -0.05) is 6.08 Å². The van der Waals surface area contributed by atoms with Gasteiger partial charge in [-0.2, -0.15) is 0 Å². The normalized spacial score (nSPS) is 13.0. The van der Waals surface area contributed by atoms with Crippen LogP contribution in [0.25, 0.3) is 0 Å². The molecule has 1 aromatic rings. The van der Waals surface area contributed by atoms with Crippen LogP contribution in [0.1, 0.15) is 16.5 Å². The molecule has 3 heteroatoms. The Morgan fingerprint density at radius 1 is 1.82 bits per heavy atom. The Labute approximate surface area is 79.0 Å². The van der Waals surface area contributed by atoms with Crippen LogP contribution in [0, 0.1) is 6.92 Å². The molecule has 1 heterocycles. The molecule has 0 aliphatic heterocycles. The molecule has 1 aromatic heterocycles. The van der Waals surface area contributed by atoms with E-state index in [0.29, 0.717) is 0 Å². The van der Waals surface area contributed by atoms with Crippen molar-refractivity contribution in [3.63, 3.8) is 0 Å². The molecule has 60 valence electrons. The van der Waals surface area contributed by atoms with Crippen LogP contribution in [0.3, 0.4) is 0 Å². The van der Waals surface area contributed by atoms with Gasteiger partial charge in [0, 0.05) is 4.88 Å². The molecular weight excluding hydrogens is 222 g/mol. The van der Waals surface area contributed by atoms with Crippen molar-refractivity contribution >= 4 is 27.3 Å². The van der Waals surface area contributed by atoms with Crippen molar-refractivity contribution in [1.29, 1.82) is 0 Å². The van der Waals surface area contributed by atoms with Crippen molar-refractivity contribution in [1.82, 2.24) is 0 Å². The second-order valence-corrected chi connectivity index (χ2v) is 4.77. The molecule has 0 saturated carbocycles. The van der Waals surface area contributed by atoms with Crippen LogP contribution < -0.4 is 5.73 Å². The second-order valence-electron chi connectivity index (χ2n) is 2.37. The maximum atomic E-state index is 5.75. The summed E-state index contributed by atoms with van der Waals surface area (Å²) in [5.74, 6) is 0. The molecule has 0 aliphatic rings. The summed E-state index contributed by atoms with van der Waals surface area (Å²) in [4.78, 5) is 1.16. The zero-order valence-corrected chi connectivity index (χ0v) is 8.71. The van der Waals surface area contributed by atoms with Crippen LogP contribution in [0.15, 0.2) is 22.5 Å². The zero-order valence-electron chi connectivity index (χ0n) is 6.30. The minimum absolute atomic E-state index is 0.0231. The molecule has 1 atom stereocenters. The van der Waals surface area contributed by atoms with E-state index < -0.39 is 0 Å². The monoisotopic (exact) mass is 231 g/mol. The molecule has 1 unspecified atom stereocenters. The fourth-order valence-electron chi connectivity index (χ4n) is 0.764. The standard InChI is InChI=1S/C8H10BrNS/c1-3-6(10)7-4-5(2)8(9)11-7/h3-4,6H,1,10H2,2H3. The smallest absolute Gasteiger partial charge is 0.0731 e. The minimum atomic E-state index is -0.0231. The number of nitrogens with two attached hydrogens (primary N) is 1. The van der Waals surface area contributed by atoms with Gasteiger partial charge in [-0.05, 0) is 34.5 Å². The van der Waals surface area contributed by atoms with Gasteiger partial charge in [0.05, 0.1) is 9.83 Å². The quantitative estimate of drug-likeness (QED) is 0.779. The lowest BCUT2D eigenvalue weighted by Crippen LogP contribution is -2.03. The first-order chi connectivity index (χ1) is 5.15. The predicted molar refractivity (Wildman–Crippen MR) is 53.9 cm³/mol. The number of hydrogen-bond donors (Lipinski definition) is 1. The predicted octanol–water partition coefficient (Wildman–Crippen LogP) is 3.00. The van der Waals surface area contributed by atoms with Crippen LogP contribution in [0.4, 0.5) is 0 Å². The van der Waals surface area contributed by atoms with Crippen LogP contribution in [-0.4, -0.2) is 0 Å². The average Bonchev–Trinajstić information content (AvgIpc) is 2.31. The Morgan fingerprint density at radius 3 is 2.82 bits per heavy atom. The summed E-state index contributed by atoms with van der Waals surface area (Å²) in [5, 5.41) is 0. The maximum absolute atomic E-state index is 5.75. The second kappa shape index (κ2) is 3.52. The van der Waals surface area contributed by atoms with Gasteiger partial charge in [-0.3, -0.25) is 0 Å². The molecule has 0 fully saturated rings. The first-order valence-corrected chi connectivity index (χ1v) is 4.90. The molecule has 1 nitrogen and oxygen atoms in total. The summed E-state index contributed by atoms with van der Waals surface area (Å²) >= 11 is 5.11. The fraction of sp³-hybridized carbons (Fsp3) is 0.250. The van der Waals surface area contributed by atoms with Gasteiger partial charge in [0.15, 0.2) is 0 Å². The lowest BCUT2D eigenvalue weighted by Gasteiger charge is -1.99. The molecule has 2 N–H and O–H groups in total. The molecular formula is C8H10BrNS. The lowest BCUT2D eigenvalue weighted by molar-refractivity contribution is 0.939. The van der Waals surface area contributed by atoms with Gasteiger partial charge in [-0.15, -0.1) is 17.9 Å². The Kier molecular flexibility index (Phi) is 2.87. The maximum Gasteiger partial charge on any atom is 0.0731 e. The molecule has 0 radical (unpaired) electrons. The van der Waals surface area contributed by atoms with Crippen LogP contribution in [0.5, 0.6) is 0 Å². The number of halogens is 1. The third-order valence-corrected chi connectivity index (χ3v) is 3.70. The molecule has 0 saturated heterocycles. The molecule has 0 bridgehead atoms. The van der Waals surface area contributed by atoms with Crippen molar-refractivity contribution in [2.24, 2.45) is 5.73 Å². The molecule has 0 aromatic carbocycles. The Morgan fingerprint density at radius 2 is 2.45 bits per heavy atom. The van der Waals surface area contributed by atoms with E-state index in [-0.39, 0.29) is 6.04 Å². The summed E-state index contributed by atoms with van der Waals surface area (Å²) in [6.45, 7) is 5.70. The van der Waals surface area contributed by atoms with E-state index in [0.717, 1.165) is 8.66 Å². The van der Waals surface area contributed by atoms with Crippen LogP contribution in [0.2, 0.25) is 0 Å². The molecule has 1 rings (SSSR count). The highest BCUT2D eigenvalue weighted by molar-refractivity contribution is 9.11. The molecule has 0 aliphatic carbocycles. The first kappa shape index (κ1) is 8.97. The van der Waals surface area contributed by atoms with Gasteiger partial charge in [0.1, 0.15) is 0 Å². The number of hydrogen-bond acceptors (Lipinski definition) is 2. The van der Waals surface area contributed by atoms with Crippen LogP contribution >= 0.6 is 27.3 Å². The number of aryl methyl sites for hydroxylation is 1. The largest absolute Gasteiger partial charge is 0.320 e. The highest BCUT2D eigenvalue weighted by atomic mass is 79.9. The van der Waals surface area contributed by atoms with E-state index in [1.54, 1.807) is 17.4 Å². The highest BCUT2D eigenvalue weighted by Gasteiger charge is 2.06. The summed E-state index contributed by atoms with van der Waals surface area (Å²) in [5.41, 5.74) is 6.99. The van der Waals surface area contributed by atoms with Crippen molar-refractivity contribution in [3.05, 3.63) is 32.9 Å². The van der Waals surface area contributed by atoms with E-state index in [1.165, 1.54) is 5.56 Å². The van der Waals surface area contributed by atoms with E-state index in [9.17, 15) is 0 Å². The minimum Gasteiger partial charge on any atom is -0.320 e. The zero-order chi connectivity index (χ0) is 8.43. The van der Waals surface area contributed by atoms with Crippen molar-refractivity contribution in [2.45, 2.75) is 13.0 Å². The van der Waals surface area contributed by atoms with Crippen LogP contribution in [-0.2, 0) is 0 Å². The first-order valence-electron chi connectivity index (χ1n) is 3.29. The summed E-state index contributed by atoms with van der Waals surface area (Å²) in [6, 6.07) is 2.06. The fourth-order valence-corrected chi connectivity index (χ4v) is 2.33. The Balaban J connectivity index is 2.96. The molecule has 0 amide bonds. The Hall–Kier alpha value is -0.120. The van der Waals surface area contributed by atoms with Gasteiger partial charge in [0.2, 0.25) is 0 Å². The van der Waals surface area contributed by atoms with E-state index in [2.05, 4.69) is 35.5 Å². The van der Waals surface area contributed by atoms with E-state index >= 15 is 0 Å². The summed E-state index contributed by atoms with van der Waals surface area (Å²) in [7, 11) is 0. The molecule has 11 heavy (non-hydrogen) atoms. The van der Waals surface area contributed by atoms with Gasteiger partial charge >= 0.3 is 0 Å². The topological polar surface area (TPSA) is 26.0 Å². The van der Waals surface area contributed by atoms with E-state index in [4.69, 9.17) is 5.73 Å². The summed E-state index contributed by atoms with van der Waals surface area (Å²) in [6.07, 6.45) is 1.75. The van der Waals surface area contributed by atoms with Gasteiger partial charge in [0.25, 0.3) is 0 Å². The Bertz CT molecular complexity index is 248.